The second-order valence-corrected chi connectivity index (χ2v) is 3.86. The smallest absolute Gasteiger partial charge is 0.150 e. The van der Waals surface area contributed by atoms with Crippen LogP contribution in [0.1, 0.15) is 10.4 Å². The highest BCUT2D eigenvalue weighted by atomic mass is 35.5. The van der Waals surface area contributed by atoms with Crippen LogP contribution in [0.25, 0.3) is 11.1 Å². The van der Waals surface area contributed by atoms with Gasteiger partial charge >= 0.3 is 0 Å². The van der Waals surface area contributed by atoms with Gasteiger partial charge in [0.25, 0.3) is 0 Å². The van der Waals surface area contributed by atoms with Gasteiger partial charge in [-0.15, -0.1) is 0 Å². The Kier molecular flexibility index (Phi) is 3.20. The predicted octanol–water partition coefficient (Wildman–Crippen LogP) is 4.10. The SMILES string of the molecule is O=Cc1ccc(-c2c(F)cccc2F)c(Cl)c1. The van der Waals surface area contributed by atoms with Crippen LogP contribution in [0, 0.1) is 11.6 Å². The molecule has 2 rings (SSSR count). The van der Waals surface area contributed by atoms with Gasteiger partial charge in [0.15, 0.2) is 0 Å². The van der Waals surface area contributed by atoms with Crippen LogP contribution in [-0.4, -0.2) is 6.29 Å². The molecule has 0 heterocycles. The second-order valence-electron chi connectivity index (χ2n) is 3.45. The molecule has 2 aromatic carbocycles. The van der Waals surface area contributed by atoms with E-state index in [1.54, 1.807) is 0 Å². The molecule has 0 bridgehead atoms. The van der Waals surface area contributed by atoms with E-state index in [0.29, 0.717) is 11.8 Å². The molecule has 0 radical (unpaired) electrons. The molecule has 0 amide bonds. The summed E-state index contributed by atoms with van der Waals surface area (Å²) < 4.78 is 27.1. The van der Waals surface area contributed by atoms with Gasteiger partial charge in [-0.1, -0.05) is 29.8 Å². The summed E-state index contributed by atoms with van der Waals surface area (Å²) in [5.74, 6) is -1.38. The van der Waals surface area contributed by atoms with Gasteiger partial charge in [-0.05, 0) is 18.2 Å². The average Bonchev–Trinajstić information content (AvgIpc) is 2.30. The lowest BCUT2D eigenvalue weighted by molar-refractivity contribution is 0.112. The summed E-state index contributed by atoms with van der Waals surface area (Å²) in [6, 6.07) is 7.84. The summed E-state index contributed by atoms with van der Waals surface area (Å²) in [5.41, 5.74) is 0.401. The molecule has 0 unspecified atom stereocenters. The van der Waals surface area contributed by atoms with Gasteiger partial charge in [0, 0.05) is 16.1 Å². The van der Waals surface area contributed by atoms with Crippen LogP contribution in [0.2, 0.25) is 5.02 Å². The molecule has 0 aromatic heterocycles. The fourth-order valence-electron chi connectivity index (χ4n) is 1.56. The third kappa shape index (κ3) is 2.19. The molecule has 86 valence electrons. The van der Waals surface area contributed by atoms with E-state index < -0.39 is 11.6 Å². The van der Waals surface area contributed by atoms with Crippen molar-refractivity contribution in [2.24, 2.45) is 0 Å². The maximum absolute atomic E-state index is 13.5. The first-order chi connectivity index (χ1) is 8.13. The predicted molar refractivity (Wildman–Crippen MR) is 62.2 cm³/mol. The van der Waals surface area contributed by atoms with E-state index in [1.165, 1.54) is 24.3 Å². The molecule has 0 aliphatic rings. The second kappa shape index (κ2) is 4.63. The highest BCUT2D eigenvalue weighted by molar-refractivity contribution is 6.33. The fourth-order valence-corrected chi connectivity index (χ4v) is 1.85. The minimum atomic E-state index is -0.689. The van der Waals surface area contributed by atoms with Crippen molar-refractivity contribution in [2.45, 2.75) is 0 Å². The zero-order valence-electron chi connectivity index (χ0n) is 8.58. The van der Waals surface area contributed by atoms with Crippen molar-refractivity contribution in [2.75, 3.05) is 0 Å². The number of hydrogen-bond acceptors (Lipinski definition) is 1. The number of carbonyl (C=O) groups excluding carboxylic acids is 1. The molecule has 0 N–H and O–H groups in total. The van der Waals surface area contributed by atoms with Gasteiger partial charge in [-0.25, -0.2) is 8.78 Å². The summed E-state index contributed by atoms with van der Waals surface area (Å²) in [5, 5.41) is 0.138. The molecule has 0 aliphatic carbocycles. The largest absolute Gasteiger partial charge is 0.298 e. The highest BCUT2D eigenvalue weighted by Crippen LogP contribution is 2.32. The first-order valence-corrected chi connectivity index (χ1v) is 5.20. The van der Waals surface area contributed by atoms with Crippen LogP contribution in [0.4, 0.5) is 8.78 Å². The Balaban J connectivity index is 2.65. The molecule has 0 saturated heterocycles. The Morgan fingerprint density at radius 1 is 1.06 bits per heavy atom. The summed E-state index contributed by atoms with van der Waals surface area (Å²) in [6.45, 7) is 0. The average molecular weight is 253 g/mol. The van der Waals surface area contributed by atoms with Crippen molar-refractivity contribution in [1.82, 2.24) is 0 Å². The van der Waals surface area contributed by atoms with Crippen molar-refractivity contribution in [3.8, 4) is 11.1 Å². The van der Waals surface area contributed by atoms with Crippen LogP contribution >= 0.6 is 11.6 Å². The molecule has 0 saturated carbocycles. The minimum Gasteiger partial charge on any atom is -0.298 e. The Hall–Kier alpha value is -1.74. The molecular formula is C13H7ClF2O. The zero-order chi connectivity index (χ0) is 12.4. The fraction of sp³-hybridized carbons (Fsp3) is 0. The van der Waals surface area contributed by atoms with Crippen molar-refractivity contribution >= 4 is 17.9 Å². The Morgan fingerprint density at radius 3 is 2.24 bits per heavy atom. The van der Waals surface area contributed by atoms with Crippen LogP contribution in [-0.2, 0) is 0 Å². The molecule has 0 atom stereocenters. The minimum absolute atomic E-state index is 0.138. The quantitative estimate of drug-likeness (QED) is 0.736. The van der Waals surface area contributed by atoms with Crippen molar-refractivity contribution < 1.29 is 13.6 Å². The van der Waals surface area contributed by atoms with E-state index in [0.717, 1.165) is 12.1 Å². The maximum Gasteiger partial charge on any atom is 0.150 e. The van der Waals surface area contributed by atoms with Gasteiger partial charge in [0.1, 0.15) is 17.9 Å². The summed E-state index contributed by atoms with van der Waals surface area (Å²) in [6.07, 6.45) is 0.618. The first kappa shape index (κ1) is 11.7. The molecule has 0 aliphatic heterocycles. The van der Waals surface area contributed by atoms with Crippen molar-refractivity contribution in [3.05, 3.63) is 58.6 Å². The zero-order valence-corrected chi connectivity index (χ0v) is 9.34. The maximum atomic E-state index is 13.5. The number of carbonyl (C=O) groups is 1. The third-order valence-corrected chi connectivity index (χ3v) is 2.67. The Morgan fingerprint density at radius 2 is 1.71 bits per heavy atom. The molecule has 1 nitrogen and oxygen atoms in total. The van der Waals surface area contributed by atoms with Crippen molar-refractivity contribution in [1.29, 1.82) is 0 Å². The summed E-state index contributed by atoms with van der Waals surface area (Å²) in [4.78, 5) is 10.5. The standard InChI is InChI=1S/C13H7ClF2O/c14-10-6-8(7-17)4-5-9(10)13-11(15)2-1-3-12(13)16/h1-7H. The first-order valence-electron chi connectivity index (χ1n) is 4.82. The van der Waals surface area contributed by atoms with Crippen LogP contribution in [0.15, 0.2) is 36.4 Å². The lowest BCUT2D eigenvalue weighted by Gasteiger charge is -2.07. The number of halogens is 3. The van der Waals surface area contributed by atoms with E-state index in [9.17, 15) is 13.6 Å². The molecular weight excluding hydrogens is 246 g/mol. The van der Waals surface area contributed by atoms with E-state index in [1.807, 2.05) is 0 Å². The summed E-state index contributed by atoms with van der Waals surface area (Å²) >= 11 is 5.89. The topological polar surface area (TPSA) is 17.1 Å². The molecule has 2 aromatic rings. The van der Waals surface area contributed by atoms with Gasteiger partial charge in [-0.2, -0.15) is 0 Å². The Labute approximate surface area is 102 Å². The highest BCUT2D eigenvalue weighted by Gasteiger charge is 2.13. The van der Waals surface area contributed by atoms with Gasteiger partial charge in [-0.3, -0.25) is 4.79 Å². The lowest BCUT2D eigenvalue weighted by atomic mass is 10.0. The van der Waals surface area contributed by atoms with Crippen LogP contribution in [0.3, 0.4) is 0 Å². The van der Waals surface area contributed by atoms with Gasteiger partial charge in [0.2, 0.25) is 0 Å². The molecule has 0 spiro atoms. The summed E-state index contributed by atoms with van der Waals surface area (Å²) in [7, 11) is 0. The Bertz CT molecular complexity index is 561. The van der Waals surface area contributed by atoms with Crippen LogP contribution in [0.5, 0.6) is 0 Å². The third-order valence-electron chi connectivity index (χ3n) is 2.36. The van der Waals surface area contributed by atoms with E-state index in [4.69, 9.17) is 11.6 Å². The normalized spacial score (nSPS) is 10.3. The monoisotopic (exact) mass is 252 g/mol. The number of benzene rings is 2. The van der Waals surface area contributed by atoms with E-state index in [-0.39, 0.29) is 16.1 Å². The molecule has 17 heavy (non-hydrogen) atoms. The van der Waals surface area contributed by atoms with Gasteiger partial charge in [0.05, 0.1) is 5.56 Å². The van der Waals surface area contributed by atoms with E-state index >= 15 is 0 Å². The van der Waals surface area contributed by atoms with E-state index in [2.05, 4.69) is 0 Å². The number of rotatable bonds is 2. The molecule has 4 heteroatoms. The van der Waals surface area contributed by atoms with Crippen LogP contribution < -0.4 is 0 Å². The van der Waals surface area contributed by atoms with Gasteiger partial charge < -0.3 is 0 Å². The number of hydrogen-bond donors (Lipinski definition) is 0. The molecule has 0 fully saturated rings. The number of aldehydes is 1. The van der Waals surface area contributed by atoms with Crippen molar-refractivity contribution in [3.63, 3.8) is 0 Å². The lowest BCUT2D eigenvalue weighted by Crippen LogP contribution is -1.91.